The summed E-state index contributed by atoms with van der Waals surface area (Å²) in [6.45, 7) is 0. The lowest BCUT2D eigenvalue weighted by atomic mass is 10.2. The van der Waals surface area contributed by atoms with E-state index in [2.05, 4.69) is 4.98 Å². The van der Waals surface area contributed by atoms with Crippen LogP contribution in [0.2, 0.25) is 10.0 Å². The summed E-state index contributed by atoms with van der Waals surface area (Å²) in [7, 11) is 0. The van der Waals surface area contributed by atoms with Crippen LogP contribution < -0.4 is 5.63 Å². The Balaban J connectivity index is 1.73. The summed E-state index contributed by atoms with van der Waals surface area (Å²) in [6.07, 6.45) is 0. The quantitative estimate of drug-likeness (QED) is 0.668. The SMILES string of the molecule is O=c1oc(CSCc2ccc(Cl)cc2)nc2cc(Cl)ccc12. The average Bonchev–Trinajstić information content (AvgIpc) is 2.49. The maximum Gasteiger partial charge on any atom is 0.346 e. The van der Waals surface area contributed by atoms with Gasteiger partial charge in [0.25, 0.3) is 0 Å². The second kappa shape index (κ2) is 6.73. The molecule has 0 amide bonds. The minimum absolute atomic E-state index is 0.385. The van der Waals surface area contributed by atoms with Gasteiger partial charge in [-0.25, -0.2) is 9.78 Å². The first-order valence-electron chi connectivity index (χ1n) is 6.53. The van der Waals surface area contributed by atoms with E-state index in [4.69, 9.17) is 27.6 Å². The maximum absolute atomic E-state index is 11.9. The number of fused-ring (bicyclic) bond motifs is 1. The molecular weight excluding hydrogens is 341 g/mol. The number of thioether (sulfide) groups is 1. The molecule has 0 N–H and O–H groups in total. The van der Waals surface area contributed by atoms with E-state index in [1.54, 1.807) is 30.0 Å². The Hall–Kier alpha value is -1.49. The topological polar surface area (TPSA) is 43.1 Å². The molecular formula is C16H11Cl2NO2S. The highest BCUT2D eigenvalue weighted by Gasteiger charge is 2.07. The molecule has 0 aliphatic carbocycles. The van der Waals surface area contributed by atoms with Crippen LogP contribution in [0.15, 0.2) is 51.7 Å². The molecule has 0 unspecified atom stereocenters. The largest absolute Gasteiger partial charge is 0.407 e. The molecule has 0 atom stereocenters. The number of aromatic nitrogens is 1. The van der Waals surface area contributed by atoms with Gasteiger partial charge in [-0.3, -0.25) is 0 Å². The Bertz CT molecular complexity index is 862. The van der Waals surface area contributed by atoms with Gasteiger partial charge in [0.1, 0.15) is 0 Å². The van der Waals surface area contributed by atoms with Crippen LogP contribution in [0.1, 0.15) is 11.5 Å². The van der Waals surface area contributed by atoms with E-state index in [-0.39, 0.29) is 5.63 Å². The first-order valence-corrected chi connectivity index (χ1v) is 8.44. The van der Waals surface area contributed by atoms with Crippen molar-refractivity contribution in [2.24, 2.45) is 0 Å². The molecule has 3 rings (SSSR count). The van der Waals surface area contributed by atoms with Crippen LogP contribution >= 0.6 is 35.0 Å². The van der Waals surface area contributed by atoms with Crippen LogP contribution in [-0.4, -0.2) is 4.98 Å². The number of rotatable bonds is 4. The summed E-state index contributed by atoms with van der Waals surface area (Å²) in [5.41, 5.74) is 1.33. The van der Waals surface area contributed by atoms with Gasteiger partial charge in [-0.2, -0.15) is 0 Å². The van der Waals surface area contributed by atoms with E-state index in [1.165, 1.54) is 0 Å². The normalized spacial score (nSPS) is 11.0. The van der Waals surface area contributed by atoms with Gasteiger partial charge >= 0.3 is 5.63 Å². The summed E-state index contributed by atoms with van der Waals surface area (Å²) in [5.74, 6) is 1.70. The third-order valence-electron chi connectivity index (χ3n) is 3.04. The summed E-state index contributed by atoms with van der Waals surface area (Å²) < 4.78 is 5.24. The Morgan fingerprint density at radius 3 is 2.50 bits per heavy atom. The molecule has 0 saturated heterocycles. The van der Waals surface area contributed by atoms with Crippen LogP contribution in [0, 0.1) is 0 Å². The van der Waals surface area contributed by atoms with Crippen LogP contribution in [0.4, 0.5) is 0 Å². The first-order chi connectivity index (χ1) is 10.6. The highest BCUT2D eigenvalue weighted by molar-refractivity contribution is 7.97. The van der Waals surface area contributed by atoms with Crippen LogP contribution in [0.25, 0.3) is 10.9 Å². The van der Waals surface area contributed by atoms with Crippen molar-refractivity contribution in [2.45, 2.75) is 11.5 Å². The Labute approximate surface area is 141 Å². The minimum atomic E-state index is -0.385. The van der Waals surface area contributed by atoms with Crippen LogP contribution in [0.5, 0.6) is 0 Å². The van der Waals surface area contributed by atoms with Gasteiger partial charge < -0.3 is 4.42 Å². The lowest BCUT2D eigenvalue weighted by molar-refractivity contribution is 0.463. The Kier molecular flexibility index (Phi) is 4.71. The van der Waals surface area contributed by atoms with Crippen LogP contribution in [-0.2, 0) is 11.5 Å². The molecule has 112 valence electrons. The fourth-order valence-electron chi connectivity index (χ4n) is 1.99. The summed E-state index contributed by atoms with van der Waals surface area (Å²) in [4.78, 5) is 16.3. The number of halogens is 2. The van der Waals surface area contributed by atoms with Crippen molar-refractivity contribution in [2.75, 3.05) is 0 Å². The van der Waals surface area contributed by atoms with Crippen molar-refractivity contribution in [3.05, 3.63) is 74.4 Å². The molecule has 0 radical (unpaired) electrons. The average molecular weight is 352 g/mol. The predicted octanol–water partition coefficient (Wildman–Crippen LogP) is 4.93. The third kappa shape index (κ3) is 3.64. The van der Waals surface area contributed by atoms with Gasteiger partial charge in [0.05, 0.1) is 16.7 Å². The molecule has 1 heterocycles. The second-order valence-corrected chi connectivity index (χ2v) is 6.53. The monoisotopic (exact) mass is 351 g/mol. The summed E-state index contributed by atoms with van der Waals surface area (Å²) >= 11 is 13.4. The number of hydrogen-bond acceptors (Lipinski definition) is 4. The lowest BCUT2D eigenvalue weighted by Gasteiger charge is -2.03. The molecule has 0 aliphatic rings. The van der Waals surface area contributed by atoms with Gasteiger partial charge in [-0.15, -0.1) is 11.8 Å². The second-order valence-electron chi connectivity index (χ2n) is 4.68. The minimum Gasteiger partial charge on any atom is -0.407 e. The van der Waals surface area contributed by atoms with Gasteiger partial charge in [0.15, 0.2) is 0 Å². The van der Waals surface area contributed by atoms with Crippen molar-refractivity contribution in [3.8, 4) is 0 Å². The van der Waals surface area contributed by atoms with Crippen molar-refractivity contribution >= 4 is 45.9 Å². The highest BCUT2D eigenvalue weighted by atomic mass is 35.5. The molecule has 0 saturated carbocycles. The smallest absolute Gasteiger partial charge is 0.346 e. The van der Waals surface area contributed by atoms with E-state index >= 15 is 0 Å². The third-order valence-corrected chi connectivity index (χ3v) is 4.52. The molecule has 1 aromatic heterocycles. The molecule has 22 heavy (non-hydrogen) atoms. The lowest BCUT2D eigenvalue weighted by Crippen LogP contribution is -2.04. The predicted molar refractivity (Wildman–Crippen MR) is 91.7 cm³/mol. The van der Waals surface area contributed by atoms with Crippen LogP contribution in [0.3, 0.4) is 0 Å². The number of nitrogens with zero attached hydrogens (tertiary/aromatic N) is 1. The molecule has 0 spiro atoms. The molecule has 2 aromatic carbocycles. The van der Waals surface area contributed by atoms with Crippen molar-refractivity contribution in [1.29, 1.82) is 0 Å². The zero-order valence-electron chi connectivity index (χ0n) is 11.4. The van der Waals surface area contributed by atoms with E-state index in [1.807, 2.05) is 24.3 Å². The number of hydrogen-bond donors (Lipinski definition) is 0. The molecule has 0 fully saturated rings. The first kappa shape index (κ1) is 15.4. The molecule has 6 heteroatoms. The standard InChI is InChI=1S/C16H11Cl2NO2S/c17-11-3-1-10(2-4-11)8-22-9-15-19-14-7-12(18)5-6-13(14)16(20)21-15/h1-7H,8-9H2. The number of benzene rings is 2. The zero-order valence-corrected chi connectivity index (χ0v) is 13.7. The van der Waals surface area contributed by atoms with Crippen molar-refractivity contribution in [3.63, 3.8) is 0 Å². The van der Waals surface area contributed by atoms with Gasteiger partial charge in [-0.05, 0) is 35.9 Å². The maximum atomic E-state index is 11.9. The van der Waals surface area contributed by atoms with Crippen molar-refractivity contribution < 1.29 is 4.42 Å². The van der Waals surface area contributed by atoms with Gasteiger partial charge in [0.2, 0.25) is 5.89 Å². The fourth-order valence-corrected chi connectivity index (χ4v) is 3.11. The Morgan fingerprint density at radius 2 is 1.73 bits per heavy atom. The highest BCUT2D eigenvalue weighted by Crippen LogP contribution is 2.20. The van der Waals surface area contributed by atoms with Gasteiger partial charge in [0, 0.05) is 15.8 Å². The molecule has 0 aliphatic heterocycles. The molecule has 0 bridgehead atoms. The van der Waals surface area contributed by atoms with Crippen molar-refractivity contribution in [1.82, 2.24) is 4.98 Å². The summed E-state index contributed by atoms with van der Waals surface area (Å²) in [5, 5.41) is 1.70. The molecule has 3 nitrogen and oxygen atoms in total. The molecule has 3 aromatic rings. The Morgan fingerprint density at radius 1 is 1.00 bits per heavy atom. The van der Waals surface area contributed by atoms with E-state index in [0.29, 0.717) is 32.6 Å². The fraction of sp³-hybridized carbons (Fsp3) is 0.125. The zero-order chi connectivity index (χ0) is 15.5. The van der Waals surface area contributed by atoms with E-state index in [9.17, 15) is 4.79 Å². The van der Waals surface area contributed by atoms with E-state index in [0.717, 1.165) is 11.3 Å². The summed E-state index contributed by atoms with van der Waals surface area (Å²) in [6, 6.07) is 12.6. The van der Waals surface area contributed by atoms with Gasteiger partial charge in [-0.1, -0.05) is 35.3 Å². The van der Waals surface area contributed by atoms with E-state index < -0.39 is 0 Å².